The molecule has 1 N–H and O–H groups in total. The van der Waals surface area contributed by atoms with Crippen LogP contribution in [0.25, 0.3) is 0 Å². The van der Waals surface area contributed by atoms with Crippen LogP contribution in [-0.2, 0) is 0 Å². The van der Waals surface area contributed by atoms with Crippen LogP contribution in [0.1, 0.15) is 27.2 Å². The SMILES string of the molecule is CC.CNCC1(C)CCN(C)C1. The molecule has 0 radical (unpaired) electrons. The van der Waals surface area contributed by atoms with E-state index < -0.39 is 0 Å². The Hall–Kier alpha value is -0.0800. The molecular formula is C10H24N2. The van der Waals surface area contributed by atoms with Gasteiger partial charge < -0.3 is 10.2 Å². The number of rotatable bonds is 2. The average Bonchev–Trinajstić information content (AvgIpc) is 2.36. The third kappa shape index (κ3) is 3.55. The lowest BCUT2D eigenvalue weighted by Gasteiger charge is -2.22. The first-order chi connectivity index (χ1) is 5.66. The average molecular weight is 172 g/mol. The van der Waals surface area contributed by atoms with Crippen molar-refractivity contribution in [2.24, 2.45) is 5.41 Å². The fraction of sp³-hybridized carbons (Fsp3) is 1.00. The van der Waals surface area contributed by atoms with Crippen LogP contribution in [0.3, 0.4) is 0 Å². The molecule has 0 spiro atoms. The predicted octanol–water partition coefficient (Wildman–Crippen LogP) is 1.57. The Bertz CT molecular complexity index is 110. The summed E-state index contributed by atoms with van der Waals surface area (Å²) >= 11 is 0. The Morgan fingerprint density at radius 3 is 2.33 bits per heavy atom. The van der Waals surface area contributed by atoms with Gasteiger partial charge in [0.05, 0.1) is 0 Å². The highest BCUT2D eigenvalue weighted by atomic mass is 15.1. The second kappa shape index (κ2) is 5.55. The molecule has 1 atom stereocenters. The number of nitrogens with zero attached hydrogens (tertiary/aromatic N) is 1. The van der Waals surface area contributed by atoms with E-state index in [4.69, 9.17) is 0 Å². The molecule has 1 saturated heterocycles. The zero-order valence-corrected chi connectivity index (χ0v) is 9.28. The van der Waals surface area contributed by atoms with E-state index in [9.17, 15) is 0 Å². The summed E-state index contributed by atoms with van der Waals surface area (Å²) in [6.45, 7) is 10.0. The van der Waals surface area contributed by atoms with Gasteiger partial charge in [-0.15, -0.1) is 0 Å². The summed E-state index contributed by atoms with van der Waals surface area (Å²) in [4.78, 5) is 2.40. The lowest BCUT2D eigenvalue weighted by molar-refractivity contribution is 0.302. The van der Waals surface area contributed by atoms with Gasteiger partial charge in [-0.25, -0.2) is 0 Å². The van der Waals surface area contributed by atoms with Crippen molar-refractivity contribution in [3.63, 3.8) is 0 Å². The zero-order chi connectivity index (χ0) is 9.61. The topological polar surface area (TPSA) is 15.3 Å². The van der Waals surface area contributed by atoms with Gasteiger partial charge >= 0.3 is 0 Å². The van der Waals surface area contributed by atoms with Gasteiger partial charge in [0.2, 0.25) is 0 Å². The fourth-order valence-electron chi connectivity index (χ4n) is 1.84. The van der Waals surface area contributed by atoms with E-state index in [1.54, 1.807) is 0 Å². The number of nitrogens with one attached hydrogen (secondary N) is 1. The van der Waals surface area contributed by atoms with Crippen LogP contribution in [0.15, 0.2) is 0 Å². The summed E-state index contributed by atoms with van der Waals surface area (Å²) in [7, 11) is 4.23. The Balaban J connectivity index is 0.000000561. The van der Waals surface area contributed by atoms with Crippen molar-refractivity contribution in [2.75, 3.05) is 33.7 Å². The Labute approximate surface area is 77.3 Å². The molecule has 0 amide bonds. The lowest BCUT2D eigenvalue weighted by Crippen LogP contribution is -2.31. The van der Waals surface area contributed by atoms with Crippen LogP contribution in [0.4, 0.5) is 0 Å². The molecule has 12 heavy (non-hydrogen) atoms. The highest BCUT2D eigenvalue weighted by molar-refractivity contribution is 4.85. The van der Waals surface area contributed by atoms with Crippen molar-refractivity contribution < 1.29 is 0 Å². The molecule has 0 aromatic heterocycles. The zero-order valence-electron chi connectivity index (χ0n) is 9.28. The highest BCUT2D eigenvalue weighted by Crippen LogP contribution is 2.27. The summed E-state index contributed by atoms with van der Waals surface area (Å²) in [6.07, 6.45) is 1.34. The molecule has 1 fully saturated rings. The van der Waals surface area contributed by atoms with Crippen LogP contribution in [-0.4, -0.2) is 38.6 Å². The minimum Gasteiger partial charge on any atom is -0.319 e. The van der Waals surface area contributed by atoms with Gasteiger partial charge in [0.25, 0.3) is 0 Å². The van der Waals surface area contributed by atoms with Gasteiger partial charge in [-0.3, -0.25) is 0 Å². The second-order valence-electron chi connectivity index (χ2n) is 3.83. The molecule has 74 valence electrons. The monoisotopic (exact) mass is 172 g/mol. The van der Waals surface area contributed by atoms with Crippen molar-refractivity contribution in [1.82, 2.24) is 10.2 Å². The minimum atomic E-state index is 0.531. The predicted molar refractivity (Wildman–Crippen MR) is 55.5 cm³/mol. The first-order valence-electron chi connectivity index (χ1n) is 4.99. The van der Waals surface area contributed by atoms with Gasteiger partial charge in [-0.2, -0.15) is 0 Å². The van der Waals surface area contributed by atoms with Crippen LogP contribution in [0.5, 0.6) is 0 Å². The Morgan fingerprint density at radius 2 is 2.00 bits per heavy atom. The van der Waals surface area contributed by atoms with Gasteiger partial charge in [0.15, 0.2) is 0 Å². The van der Waals surface area contributed by atoms with Crippen LogP contribution in [0, 0.1) is 5.41 Å². The molecule has 1 aliphatic heterocycles. The normalized spacial score (nSPS) is 29.8. The maximum absolute atomic E-state index is 3.24. The van der Waals surface area contributed by atoms with E-state index in [1.165, 1.54) is 19.5 Å². The summed E-state index contributed by atoms with van der Waals surface area (Å²) in [5.41, 5.74) is 0.531. The van der Waals surface area contributed by atoms with Crippen molar-refractivity contribution in [1.29, 1.82) is 0 Å². The Morgan fingerprint density at radius 1 is 1.42 bits per heavy atom. The molecule has 1 heterocycles. The molecule has 2 nitrogen and oxygen atoms in total. The van der Waals surface area contributed by atoms with Crippen LogP contribution < -0.4 is 5.32 Å². The molecule has 1 aliphatic rings. The summed E-state index contributed by atoms with van der Waals surface area (Å²) in [5, 5.41) is 3.24. The highest BCUT2D eigenvalue weighted by Gasteiger charge is 2.30. The molecule has 0 aliphatic carbocycles. The fourth-order valence-corrected chi connectivity index (χ4v) is 1.84. The van der Waals surface area contributed by atoms with Crippen molar-refractivity contribution in [3.05, 3.63) is 0 Å². The third-order valence-electron chi connectivity index (χ3n) is 2.35. The summed E-state index contributed by atoms with van der Waals surface area (Å²) in [6, 6.07) is 0. The molecule has 1 unspecified atom stereocenters. The molecule has 1 rings (SSSR count). The van der Waals surface area contributed by atoms with Crippen LogP contribution in [0.2, 0.25) is 0 Å². The van der Waals surface area contributed by atoms with Gasteiger partial charge in [0, 0.05) is 13.1 Å². The molecule has 0 aromatic rings. The summed E-state index contributed by atoms with van der Waals surface area (Å²) < 4.78 is 0. The first-order valence-corrected chi connectivity index (χ1v) is 4.99. The number of hydrogen-bond acceptors (Lipinski definition) is 2. The van der Waals surface area contributed by atoms with Crippen molar-refractivity contribution in [2.45, 2.75) is 27.2 Å². The maximum atomic E-state index is 3.24. The lowest BCUT2D eigenvalue weighted by atomic mass is 9.90. The first kappa shape index (κ1) is 11.9. The Kier molecular flexibility index (Phi) is 5.51. The third-order valence-corrected chi connectivity index (χ3v) is 2.35. The molecular weight excluding hydrogens is 148 g/mol. The van der Waals surface area contributed by atoms with E-state index in [2.05, 4.69) is 24.2 Å². The quantitative estimate of drug-likeness (QED) is 0.680. The standard InChI is InChI=1S/C8H18N2.C2H6/c1-8(6-9-2)4-5-10(3)7-8;1-2/h9H,4-7H2,1-3H3;1-2H3. The van der Waals surface area contributed by atoms with Gasteiger partial charge in [-0.1, -0.05) is 20.8 Å². The molecule has 0 saturated carbocycles. The smallest absolute Gasteiger partial charge is 0.00449 e. The maximum Gasteiger partial charge on any atom is 0.00449 e. The second-order valence-corrected chi connectivity index (χ2v) is 3.83. The molecule has 0 aromatic carbocycles. The largest absolute Gasteiger partial charge is 0.319 e. The van der Waals surface area contributed by atoms with Crippen molar-refractivity contribution in [3.8, 4) is 0 Å². The van der Waals surface area contributed by atoms with E-state index in [-0.39, 0.29) is 0 Å². The molecule has 0 bridgehead atoms. The van der Waals surface area contributed by atoms with Gasteiger partial charge in [0.1, 0.15) is 0 Å². The van der Waals surface area contributed by atoms with E-state index in [0.29, 0.717) is 5.41 Å². The van der Waals surface area contributed by atoms with Crippen molar-refractivity contribution >= 4 is 0 Å². The summed E-state index contributed by atoms with van der Waals surface area (Å²) in [5.74, 6) is 0. The van der Waals surface area contributed by atoms with E-state index in [0.717, 1.165) is 6.54 Å². The van der Waals surface area contributed by atoms with Gasteiger partial charge in [-0.05, 0) is 32.5 Å². The number of likely N-dealkylation sites (tertiary alicyclic amines) is 1. The van der Waals surface area contributed by atoms with E-state index >= 15 is 0 Å². The van der Waals surface area contributed by atoms with E-state index in [1.807, 2.05) is 20.9 Å². The molecule has 2 heteroatoms. The van der Waals surface area contributed by atoms with Crippen LogP contribution >= 0.6 is 0 Å². The number of hydrogen-bond donors (Lipinski definition) is 1. The minimum absolute atomic E-state index is 0.531.